The number of methoxy groups -OCH3 is 1. The maximum absolute atomic E-state index is 5.56. The average Bonchev–Trinajstić information content (AvgIpc) is 2.39. The van der Waals surface area contributed by atoms with Crippen molar-refractivity contribution in [1.82, 2.24) is 9.97 Å². The second kappa shape index (κ2) is 6.16. The Morgan fingerprint density at radius 1 is 1.53 bits per heavy atom. The SMILES string of the molecule is COc1nc(OCC2CCCCO2)ncc1Br. The van der Waals surface area contributed by atoms with E-state index >= 15 is 0 Å². The molecule has 1 aromatic rings. The van der Waals surface area contributed by atoms with Crippen molar-refractivity contribution in [3.05, 3.63) is 10.7 Å². The highest BCUT2D eigenvalue weighted by Crippen LogP contribution is 2.23. The van der Waals surface area contributed by atoms with Crippen molar-refractivity contribution >= 4 is 15.9 Å². The molecule has 1 aliphatic rings. The molecular weight excluding hydrogens is 288 g/mol. The first kappa shape index (κ1) is 12.6. The molecule has 1 aromatic heterocycles. The number of hydrogen-bond donors (Lipinski definition) is 0. The van der Waals surface area contributed by atoms with Crippen LogP contribution in [0.1, 0.15) is 19.3 Å². The van der Waals surface area contributed by atoms with Crippen molar-refractivity contribution in [3.63, 3.8) is 0 Å². The highest BCUT2D eigenvalue weighted by Gasteiger charge is 2.15. The molecule has 0 aliphatic carbocycles. The predicted octanol–water partition coefficient (Wildman–Crippen LogP) is 2.20. The molecule has 17 heavy (non-hydrogen) atoms. The van der Waals surface area contributed by atoms with Gasteiger partial charge in [0.05, 0.1) is 23.9 Å². The third kappa shape index (κ3) is 3.54. The molecule has 0 amide bonds. The van der Waals surface area contributed by atoms with Gasteiger partial charge in [-0.05, 0) is 35.2 Å². The molecule has 94 valence electrons. The molecule has 2 heterocycles. The molecule has 0 aromatic carbocycles. The minimum Gasteiger partial charge on any atom is -0.480 e. The zero-order valence-corrected chi connectivity index (χ0v) is 11.3. The summed E-state index contributed by atoms with van der Waals surface area (Å²) < 4.78 is 16.8. The van der Waals surface area contributed by atoms with Crippen LogP contribution in [0, 0.1) is 0 Å². The van der Waals surface area contributed by atoms with Crippen molar-refractivity contribution in [2.75, 3.05) is 20.3 Å². The van der Waals surface area contributed by atoms with Crippen LogP contribution in [0.3, 0.4) is 0 Å². The van der Waals surface area contributed by atoms with Crippen molar-refractivity contribution in [3.8, 4) is 11.9 Å². The molecule has 1 atom stereocenters. The quantitative estimate of drug-likeness (QED) is 0.853. The maximum atomic E-state index is 5.56. The summed E-state index contributed by atoms with van der Waals surface area (Å²) in [5, 5.41) is 0. The number of ether oxygens (including phenoxy) is 3. The number of nitrogens with zero attached hydrogens (tertiary/aromatic N) is 2. The number of rotatable bonds is 4. The highest BCUT2D eigenvalue weighted by molar-refractivity contribution is 9.10. The van der Waals surface area contributed by atoms with Gasteiger partial charge >= 0.3 is 6.01 Å². The van der Waals surface area contributed by atoms with E-state index in [-0.39, 0.29) is 6.10 Å². The van der Waals surface area contributed by atoms with Crippen molar-refractivity contribution in [1.29, 1.82) is 0 Å². The Labute approximate surface area is 109 Å². The lowest BCUT2D eigenvalue weighted by atomic mass is 10.1. The van der Waals surface area contributed by atoms with Gasteiger partial charge in [-0.2, -0.15) is 4.98 Å². The van der Waals surface area contributed by atoms with Gasteiger partial charge in [-0.25, -0.2) is 4.98 Å². The van der Waals surface area contributed by atoms with Gasteiger partial charge in [0.25, 0.3) is 0 Å². The second-order valence-electron chi connectivity index (χ2n) is 3.81. The average molecular weight is 303 g/mol. The third-order valence-electron chi connectivity index (χ3n) is 2.56. The van der Waals surface area contributed by atoms with Crippen molar-refractivity contribution < 1.29 is 14.2 Å². The maximum Gasteiger partial charge on any atom is 0.319 e. The Kier molecular flexibility index (Phi) is 4.56. The topological polar surface area (TPSA) is 53.5 Å². The minimum absolute atomic E-state index is 0.155. The van der Waals surface area contributed by atoms with Crippen LogP contribution in [0.5, 0.6) is 11.9 Å². The molecular formula is C11H15BrN2O3. The molecule has 0 N–H and O–H groups in total. The molecule has 1 aliphatic heterocycles. The summed E-state index contributed by atoms with van der Waals surface area (Å²) in [7, 11) is 1.56. The first-order valence-corrected chi connectivity index (χ1v) is 6.40. The summed E-state index contributed by atoms with van der Waals surface area (Å²) in [5.41, 5.74) is 0. The summed E-state index contributed by atoms with van der Waals surface area (Å²) in [4.78, 5) is 8.17. The van der Waals surface area contributed by atoms with Crippen LogP contribution in [0.4, 0.5) is 0 Å². The van der Waals surface area contributed by atoms with Gasteiger partial charge in [0, 0.05) is 6.61 Å². The minimum atomic E-state index is 0.155. The summed E-state index contributed by atoms with van der Waals surface area (Å²) in [5.74, 6) is 0.472. The van der Waals surface area contributed by atoms with Crippen LogP contribution in [-0.2, 0) is 4.74 Å². The van der Waals surface area contributed by atoms with E-state index in [9.17, 15) is 0 Å². The van der Waals surface area contributed by atoms with Gasteiger partial charge in [-0.15, -0.1) is 0 Å². The van der Waals surface area contributed by atoms with E-state index in [1.807, 2.05) is 0 Å². The molecule has 0 spiro atoms. The molecule has 0 bridgehead atoms. The highest BCUT2D eigenvalue weighted by atomic mass is 79.9. The Morgan fingerprint density at radius 2 is 2.41 bits per heavy atom. The van der Waals surface area contributed by atoms with Crippen LogP contribution in [0.25, 0.3) is 0 Å². The fraction of sp³-hybridized carbons (Fsp3) is 0.636. The van der Waals surface area contributed by atoms with Gasteiger partial charge in [0.15, 0.2) is 0 Å². The first-order chi connectivity index (χ1) is 8.29. The molecule has 5 nitrogen and oxygen atoms in total. The van der Waals surface area contributed by atoms with Crippen molar-refractivity contribution in [2.24, 2.45) is 0 Å². The Balaban J connectivity index is 1.89. The zero-order chi connectivity index (χ0) is 12.1. The monoisotopic (exact) mass is 302 g/mol. The Morgan fingerprint density at radius 3 is 3.12 bits per heavy atom. The fourth-order valence-electron chi connectivity index (χ4n) is 1.66. The lowest BCUT2D eigenvalue weighted by Gasteiger charge is -2.22. The van der Waals surface area contributed by atoms with E-state index in [1.54, 1.807) is 13.3 Å². The van der Waals surface area contributed by atoms with Crippen LogP contribution in [0.15, 0.2) is 10.7 Å². The van der Waals surface area contributed by atoms with Gasteiger partial charge in [-0.1, -0.05) is 0 Å². The lowest BCUT2D eigenvalue weighted by molar-refractivity contribution is -0.0130. The molecule has 2 rings (SSSR count). The number of hydrogen-bond acceptors (Lipinski definition) is 5. The van der Waals surface area contributed by atoms with E-state index < -0.39 is 0 Å². The van der Waals surface area contributed by atoms with Gasteiger partial charge in [0.1, 0.15) is 6.61 Å². The van der Waals surface area contributed by atoms with Gasteiger partial charge in [-0.3, -0.25) is 0 Å². The Bertz CT molecular complexity index is 370. The van der Waals surface area contributed by atoms with E-state index in [4.69, 9.17) is 14.2 Å². The van der Waals surface area contributed by atoms with Crippen molar-refractivity contribution in [2.45, 2.75) is 25.4 Å². The molecule has 1 fully saturated rings. The van der Waals surface area contributed by atoms with Crippen LogP contribution in [-0.4, -0.2) is 36.4 Å². The Hall–Kier alpha value is -0.880. The molecule has 6 heteroatoms. The predicted molar refractivity (Wildman–Crippen MR) is 65.4 cm³/mol. The van der Waals surface area contributed by atoms with Crippen LogP contribution in [0.2, 0.25) is 0 Å². The van der Waals surface area contributed by atoms with E-state index in [2.05, 4.69) is 25.9 Å². The molecule has 1 unspecified atom stereocenters. The largest absolute Gasteiger partial charge is 0.480 e. The first-order valence-electron chi connectivity index (χ1n) is 5.60. The molecule has 1 saturated heterocycles. The summed E-state index contributed by atoms with van der Waals surface area (Å²) in [6, 6.07) is 0.319. The van der Waals surface area contributed by atoms with Gasteiger partial charge in [0.2, 0.25) is 5.88 Å². The van der Waals surface area contributed by atoms with Crippen LogP contribution >= 0.6 is 15.9 Å². The molecule has 0 saturated carbocycles. The molecule has 0 radical (unpaired) electrons. The zero-order valence-electron chi connectivity index (χ0n) is 9.69. The smallest absolute Gasteiger partial charge is 0.319 e. The number of aromatic nitrogens is 2. The van der Waals surface area contributed by atoms with Gasteiger partial charge < -0.3 is 14.2 Å². The summed E-state index contributed by atoms with van der Waals surface area (Å²) >= 11 is 3.29. The summed E-state index contributed by atoms with van der Waals surface area (Å²) in [6.07, 6.45) is 5.13. The fourth-order valence-corrected chi connectivity index (χ4v) is 2.01. The second-order valence-corrected chi connectivity index (χ2v) is 4.66. The standard InChI is InChI=1S/C11H15BrN2O3/c1-15-10-9(12)6-13-11(14-10)17-7-8-4-2-3-5-16-8/h6,8H,2-5,7H2,1H3. The van der Waals surface area contributed by atoms with E-state index in [0.29, 0.717) is 23.0 Å². The summed E-state index contributed by atoms with van der Waals surface area (Å²) in [6.45, 7) is 1.31. The normalized spacial score (nSPS) is 20.0. The lowest BCUT2D eigenvalue weighted by Crippen LogP contribution is -2.26. The van der Waals surface area contributed by atoms with E-state index in [1.165, 1.54) is 6.42 Å². The van der Waals surface area contributed by atoms with E-state index in [0.717, 1.165) is 19.4 Å². The van der Waals surface area contributed by atoms with Crippen LogP contribution < -0.4 is 9.47 Å². The number of halogens is 1. The third-order valence-corrected chi connectivity index (χ3v) is 3.10.